The molecule has 1 N–H and O–H groups in total. The largest absolute Gasteiger partial charge is 0.308 e. The van der Waals surface area contributed by atoms with Gasteiger partial charge in [0, 0.05) is 10.9 Å². The molecule has 1 unspecified atom stereocenters. The van der Waals surface area contributed by atoms with Crippen molar-refractivity contribution < 1.29 is 0 Å². The molecule has 1 saturated heterocycles. The van der Waals surface area contributed by atoms with Crippen LogP contribution >= 0.6 is 11.3 Å². The lowest BCUT2D eigenvalue weighted by Gasteiger charge is -2.21. The minimum absolute atomic E-state index is 0.206. The van der Waals surface area contributed by atoms with Crippen LogP contribution in [0.1, 0.15) is 56.6 Å². The van der Waals surface area contributed by atoms with Gasteiger partial charge in [-0.1, -0.05) is 51.5 Å². The summed E-state index contributed by atoms with van der Waals surface area (Å²) in [5, 5.41) is 7.01. The van der Waals surface area contributed by atoms with E-state index in [2.05, 4.69) is 55.7 Å². The maximum absolute atomic E-state index is 4.85. The number of benzene rings is 1. The lowest BCUT2D eigenvalue weighted by Crippen LogP contribution is -2.26. The molecule has 112 valence electrons. The molecular weight excluding hydrogens is 276 g/mol. The third kappa shape index (κ3) is 3.35. The van der Waals surface area contributed by atoms with E-state index in [0.29, 0.717) is 6.04 Å². The number of hydrogen-bond donors (Lipinski definition) is 1. The average Bonchev–Trinajstić information content (AvgIpc) is 2.97. The fraction of sp³-hybridized carbons (Fsp3) is 0.500. The smallest absolute Gasteiger partial charge is 0.110 e. The van der Waals surface area contributed by atoms with Crippen LogP contribution in [0.15, 0.2) is 29.6 Å². The average molecular weight is 300 g/mol. The molecular formula is C18H24N2S. The topological polar surface area (TPSA) is 24.9 Å². The highest BCUT2D eigenvalue weighted by molar-refractivity contribution is 7.10. The monoisotopic (exact) mass is 300 g/mol. The first-order valence-electron chi connectivity index (χ1n) is 7.84. The zero-order valence-electron chi connectivity index (χ0n) is 13.1. The molecule has 0 spiro atoms. The molecule has 1 aromatic carbocycles. The molecule has 21 heavy (non-hydrogen) atoms. The summed E-state index contributed by atoms with van der Waals surface area (Å²) in [5.74, 6) is 0. The molecule has 2 aromatic rings. The van der Waals surface area contributed by atoms with Crippen molar-refractivity contribution in [1.29, 1.82) is 0 Å². The van der Waals surface area contributed by atoms with Gasteiger partial charge in [-0.25, -0.2) is 4.98 Å². The normalized spacial score (nSPS) is 19.7. The van der Waals surface area contributed by atoms with Gasteiger partial charge in [-0.3, -0.25) is 0 Å². The van der Waals surface area contributed by atoms with Gasteiger partial charge < -0.3 is 5.32 Å². The van der Waals surface area contributed by atoms with Crippen molar-refractivity contribution in [2.45, 2.75) is 51.5 Å². The number of nitrogens with zero attached hydrogens (tertiary/aromatic N) is 1. The standard InChI is InChI=1S/C18H24N2S/c1-18(2,3)14-9-7-13(8-10-14)16-12-21-17(20-16)15-6-4-5-11-19-15/h7-10,12,15,19H,4-6,11H2,1-3H3. The van der Waals surface area contributed by atoms with E-state index in [4.69, 9.17) is 4.98 Å². The fourth-order valence-electron chi connectivity index (χ4n) is 2.78. The van der Waals surface area contributed by atoms with E-state index in [0.717, 1.165) is 12.2 Å². The summed E-state index contributed by atoms with van der Waals surface area (Å²) < 4.78 is 0. The van der Waals surface area contributed by atoms with Gasteiger partial charge in [0.25, 0.3) is 0 Å². The van der Waals surface area contributed by atoms with Crippen molar-refractivity contribution in [1.82, 2.24) is 10.3 Å². The Morgan fingerprint density at radius 1 is 1.14 bits per heavy atom. The van der Waals surface area contributed by atoms with E-state index in [1.165, 1.54) is 35.4 Å². The highest BCUT2D eigenvalue weighted by atomic mass is 32.1. The van der Waals surface area contributed by atoms with Crippen molar-refractivity contribution in [2.75, 3.05) is 6.54 Å². The third-order valence-corrected chi connectivity index (χ3v) is 5.14. The second kappa shape index (κ2) is 5.90. The number of hydrogen-bond acceptors (Lipinski definition) is 3. The van der Waals surface area contributed by atoms with Gasteiger partial charge in [-0.2, -0.15) is 0 Å². The Morgan fingerprint density at radius 2 is 1.90 bits per heavy atom. The second-order valence-corrected chi connectivity index (χ2v) is 7.79. The van der Waals surface area contributed by atoms with Crippen LogP contribution in [0.4, 0.5) is 0 Å². The Bertz CT molecular complexity index is 586. The summed E-state index contributed by atoms with van der Waals surface area (Å²) in [6, 6.07) is 9.33. The molecule has 1 atom stereocenters. The lowest BCUT2D eigenvalue weighted by atomic mass is 9.86. The molecule has 2 nitrogen and oxygen atoms in total. The predicted octanol–water partition coefficient (Wildman–Crippen LogP) is 4.92. The van der Waals surface area contributed by atoms with E-state index in [1.807, 2.05) is 0 Å². The van der Waals surface area contributed by atoms with Gasteiger partial charge >= 0.3 is 0 Å². The van der Waals surface area contributed by atoms with Gasteiger partial charge in [0.1, 0.15) is 5.01 Å². The molecule has 0 amide bonds. The van der Waals surface area contributed by atoms with E-state index >= 15 is 0 Å². The fourth-order valence-corrected chi connectivity index (χ4v) is 3.72. The lowest BCUT2D eigenvalue weighted by molar-refractivity contribution is 0.411. The Hall–Kier alpha value is -1.19. The molecule has 3 heteroatoms. The van der Waals surface area contributed by atoms with Crippen LogP contribution in [0.25, 0.3) is 11.3 Å². The summed E-state index contributed by atoms with van der Waals surface area (Å²) >= 11 is 1.79. The zero-order valence-corrected chi connectivity index (χ0v) is 14.0. The Balaban J connectivity index is 1.79. The second-order valence-electron chi connectivity index (χ2n) is 6.90. The van der Waals surface area contributed by atoms with Crippen molar-refractivity contribution in [3.05, 3.63) is 40.2 Å². The number of aromatic nitrogens is 1. The van der Waals surface area contributed by atoms with Crippen molar-refractivity contribution in [2.24, 2.45) is 0 Å². The highest BCUT2D eigenvalue weighted by Gasteiger charge is 2.18. The van der Waals surface area contributed by atoms with Gasteiger partial charge in [0.2, 0.25) is 0 Å². The van der Waals surface area contributed by atoms with E-state index in [1.54, 1.807) is 11.3 Å². The van der Waals surface area contributed by atoms with Crippen LogP contribution in [-0.4, -0.2) is 11.5 Å². The maximum atomic E-state index is 4.85. The van der Waals surface area contributed by atoms with Gasteiger partial charge in [-0.15, -0.1) is 11.3 Å². The van der Waals surface area contributed by atoms with E-state index in [-0.39, 0.29) is 5.41 Å². The van der Waals surface area contributed by atoms with Gasteiger partial charge in [0.15, 0.2) is 0 Å². The number of thiazole rings is 1. The molecule has 0 radical (unpaired) electrons. The number of nitrogens with one attached hydrogen (secondary N) is 1. The third-order valence-electron chi connectivity index (χ3n) is 4.18. The Kier molecular flexibility index (Phi) is 4.14. The number of rotatable bonds is 2. The zero-order chi connectivity index (χ0) is 14.9. The predicted molar refractivity (Wildman–Crippen MR) is 90.8 cm³/mol. The van der Waals surface area contributed by atoms with Crippen LogP contribution in [-0.2, 0) is 5.41 Å². The minimum atomic E-state index is 0.206. The van der Waals surface area contributed by atoms with Crippen LogP contribution in [0.5, 0.6) is 0 Å². The molecule has 0 bridgehead atoms. The van der Waals surface area contributed by atoms with Crippen LogP contribution in [0, 0.1) is 0 Å². The first-order chi connectivity index (χ1) is 10.0. The van der Waals surface area contributed by atoms with Crippen LogP contribution < -0.4 is 5.32 Å². The molecule has 2 heterocycles. The quantitative estimate of drug-likeness (QED) is 0.851. The summed E-state index contributed by atoms with van der Waals surface area (Å²) in [6.45, 7) is 7.87. The maximum Gasteiger partial charge on any atom is 0.110 e. The van der Waals surface area contributed by atoms with Crippen LogP contribution in [0.2, 0.25) is 0 Å². The summed E-state index contributed by atoms with van der Waals surface area (Å²) in [6.07, 6.45) is 3.83. The minimum Gasteiger partial charge on any atom is -0.308 e. The molecule has 3 rings (SSSR count). The summed E-state index contributed by atoms with van der Waals surface area (Å²) in [5.41, 5.74) is 3.91. The molecule has 1 aliphatic heterocycles. The summed E-state index contributed by atoms with van der Waals surface area (Å²) in [4.78, 5) is 4.85. The van der Waals surface area contributed by atoms with Crippen molar-refractivity contribution in [3.63, 3.8) is 0 Å². The molecule has 1 aromatic heterocycles. The van der Waals surface area contributed by atoms with E-state index in [9.17, 15) is 0 Å². The number of piperidine rings is 1. The Morgan fingerprint density at radius 3 is 2.52 bits per heavy atom. The van der Waals surface area contributed by atoms with Crippen molar-refractivity contribution in [3.8, 4) is 11.3 Å². The molecule has 0 aliphatic carbocycles. The van der Waals surface area contributed by atoms with Gasteiger partial charge in [-0.05, 0) is 30.4 Å². The SMILES string of the molecule is CC(C)(C)c1ccc(-c2csc(C3CCCCN3)n2)cc1. The first kappa shape index (κ1) is 14.7. The van der Waals surface area contributed by atoms with Crippen molar-refractivity contribution >= 4 is 11.3 Å². The van der Waals surface area contributed by atoms with Crippen LogP contribution in [0.3, 0.4) is 0 Å². The van der Waals surface area contributed by atoms with Gasteiger partial charge in [0.05, 0.1) is 11.7 Å². The molecule has 0 saturated carbocycles. The molecule has 1 fully saturated rings. The first-order valence-corrected chi connectivity index (χ1v) is 8.72. The Labute approximate surface area is 131 Å². The highest BCUT2D eigenvalue weighted by Crippen LogP contribution is 2.30. The molecule has 1 aliphatic rings. The van der Waals surface area contributed by atoms with E-state index < -0.39 is 0 Å². The summed E-state index contributed by atoms with van der Waals surface area (Å²) in [7, 11) is 0.